The number of aromatic nitrogens is 1. The second-order valence-corrected chi connectivity index (χ2v) is 5.74. The number of amides is 1. The standard InChI is InChI=1S/C21H16N4O3/c1-28-21(27)17-4-2-3-5-18(17)25-20(26)15-10-11-23-19(12-15)24-16-8-6-14(13-22)7-9-16/h2-12H,1H3,(H,23,24)(H,25,26). The average molecular weight is 372 g/mol. The van der Waals surface area contributed by atoms with E-state index in [0.717, 1.165) is 5.69 Å². The molecule has 28 heavy (non-hydrogen) atoms. The zero-order chi connectivity index (χ0) is 19.9. The molecule has 0 fully saturated rings. The fourth-order valence-electron chi connectivity index (χ4n) is 2.49. The molecule has 1 heterocycles. The number of rotatable bonds is 5. The van der Waals surface area contributed by atoms with E-state index in [4.69, 9.17) is 10.00 Å². The van der Waals surface area contributed by atoms with Crippen LogP contribution in [0, 0.1) is 11.3 Å². The highest BCUT2D eigenvalue weighted by atomic mass is 16.5. The van der Waals surface area contributed by atoms with Crippen molar-refractivity contribution in [3.8, 4) is 6.07 Å². The number of para-hydroxylation sites is 1. The van der Waals surface area contributed by atoms with Gasteiger partial charge >= 0.3 is 5.97 Å². The average Bonchev–Trinajstić information content (AvgIpc) is 2.74. The Morgan fingerprint density at radius 3 is 2.54 bits per heavy atom. The van der Waals surface area contributed by atoms with Gasteiger partial charge in [-0.2, -0.15) is 5.26 Å². The predicted octanol–water partition coefficient (Wildman–Crippen LogP) is 3.74. The minimum absolute atomic E-state index is 0.267. The lowest BCUT2D eigenvalue weighted by atomic mass is 10.1. The molecule has 0 aliphatic heterocycles. The number of nitrogens with one attached hydrogen (secondary N) is 2. The van der Waals surface area contributed by atoms with Crippen LogP contribution in [0.5, 0.6) is 0 Å². The SMILES string of the molecule is COC(=O)c1ccccc1NC(=O)c1ccnc(Nc2ccc(C#N)cc2)c1. The highest BCUT2D eigenvalue weighted by Gasteiger charge is 2.14. The van der Waals surface area contributed by atoms with Gasteiger partial charge in [-0.1, -0.05) is 12.1 Å². The first-order valence-electron chi connectivity index (χ1n) is 8.32. The number of nitriles is 1. The molecular weight excluding hydrogens is 356 g/mol. The van der Waals surface area contributed by atoms with Crippen LogP contribution in [0.3, 0.4) is 0 Å². The van der Waals surface area contributed by atoms with E-state index in [1.165, 1.54) is 13.3 Å². The molecule has 0 atom stereocenters. The highest BCUT2D eigenvalue weighted by Crippen LogP contribution is 2.19. The number of hydrogen-bond acceptors (Lipinski definition) is 6. The maximum absolute atomic E-state index is 12.6. The Morgan fingerprint density at radius 2 is 1.82 bits per heavy atom. The molecule has 3 rings (SSSR count). The molecular formula is C21H16N4O3. The third kappa shape index (κ3) is 4.31. The Bertz CT molecular complexity index is 1060. The molecule has 0 saturated carbocycles. The molecule has 0 aliphatic rings. The monoisotopic (exact) mass is 372 g/mol. The Kier molecular flexibility index (Phi) is 5.63. The molecule has 138 valence electrons. The number of nitrogens with zero attached hydrogens (tertiary/aromatic N) is 2. The summed E-state index contributed by atoms with van der Waals surface area (Å²) in [5, 5.41) is 14.6. The van der Waals surface area contributed by atoms with Crippen LogP contribution in [0.1, 0.15) is 26.3 Å². The maximum Gasteiger partial charge on any atom is 0.339 e. The first-order chi connectivity index (χ1) is 13.6. The molecule has 0 bridgehead atoms. The Hall–Kier alpha value is -4.18. The summed E-state index contributed by atoms with van der Waals surface area (Å²) in [5.41, 5.74) is 2.28. The number of carbonyl (C=O) groups is 2. The molecule has 0 aliphatic carbocycles. The number of pyridine rings is 1. The van der Waals surface area contributed by atoms with Crippen LogP contribution in [0.15, 0.2) is 66.9 Å². The van der Waals surface area contributed by atoms with Crippen molar-refractivity contribution in [2.45, 2.75) is 0 Å². The normalized spacial score (nSPS) is 9.86. The summed E-state index contributed by atoms with van der Waals surface area (Å²) >= 11 is 0. The lowest BCUT2D eigenvalue weighted by Crippen LogP contribution is -2.15. The molecule has 7 nitrogen and oxygen atoms in total. The molecule has 2 aromatic carbocycles. The van der Waals surface area contributed by atoms with Crippen LogP contribution >= 0.6 is 0 Å². The zero-order valence-corrected chi connectivity index (χ0v) is 15.0. The summed E-state index contributed by atoms with van der Waals surface area (Å²) in [7, 11) is 1.28. The van der Waals surface area contributed by atoms with E-state index in [1.807, 2.05) is 0 Å². The van der Waals surface area contributed by atoms with E-state index >= 15 is 0 Å². The first-order valence-corrected chi connectivity index (χ1v) is 8.32. The molecule has 0 unspecified atom stereocenters. The Balaban J connectivity index is 1.77. The van der Waals surface area contributed by atoms with E-state index in [9.17, 15) is 9.59 Å². The van der Waals surface area contributed by atoms with Crippen molar-refractivity contribution in [1.82, 2.24) is 4.98 Å². The summed E-state index contributed by atoms with van der Waals surface area (Å²) < 4.78 is 4.74. The molecule has 1 aromatic heterocycles. The Morgan fingerprint density at radius 1 is 1.07 bits per heavy atom. The number of anilines is 3. The van der Waals surface area contributed by atoms with Crippen molar-refractivity contribution in [3.63, 3.8) is 0 Å². The number of methoxy groups -OCH3 is 1. The van der Waals surface area contributed by atoms with Crippen LogP contribution in [-0.4, -0.2) is 24.0 Å². The fraction of sp³-hybridized carbons (Fsp3) is 0.0476. The lowest BCUT2D eigenvalue weighted by Gasteiger charge is -2.11. The topological polar surface area (TPSA) is 104 Å². The quantitative estimate of drug-likeness (QED) is 0.661. The van der Waals surface area contributed by atoms with Crippen molar-refractivity contribution in [1.29, 1.82) is 5.26 Å². The number of esters is 1. The van der Waals surface area contributed by atoms with Crippen LogP contribution in [-0.2, 0) is 4.74 Å². The van der Waals surface area contributed by atoms with Crippen LogP contribution < -0.4 is 10.6 Å². The number of hydrogen-bond donors (Lipinski definition) is 2. The van der Waals surface area contributed by atoms with Gasteiger partial charge in [0.1, 0.15) is 5.82 Å². The smallest absolute Gasteiger partial charge is 0.339 e. The molecule has 0 saturated heterocycles. The molecule has 0 spiro atoms. The van der Waals surface area contributed by atoms with E-state index in [-0.39, 0.29) is 11.5 Å². The zero-order valence-electron chi connectivity index (χ0n) is 15.0. The van der Waals surface area contributed by atoms with Gasteiger partial charge in [-0.05, 0) is 48.5 Å². The van der Waals surface area contributed by atoms with Gasteiger partial charge in [0, 0.05) is 17.4 Å². The van der Waals surface area contributed by atoms with E-state index in [0.29, 0.717) is 22.6 Å². The molecule has 2 N–H and O–H groups in total. The van der Waals surface area contributed by atoms with Gasteiger partial charge in [0.15, 0.2) is 0 Å². The Labute approximate surface area is 161 Å². The number of benzene rings is 2. The summed E-state index contributed by atoms with van der Waals surface area (Å²) in [5.74, 6) is -0.450. The molecule has 7 heteroatoms. The van der Waals surface area contributed by atoms with Crippen molar-refractivity contribution in [2.75, 3.05) is 17.7 Å². The molecule has 1 amide bonds. The number of carbonyl (C=O) groups excluding carboxylic acids is 2. The summed E-state index contributed by atoms with van der Waals surface area (Å²) in [6.45, 7) is 0. The van der Waals surface area contributed by atoms with Crippen molar-refractivity contribution >= 4 is 29.1 Å². The van der Waals surface area contributed by atoms with Gasteiger partial charge in [-0.25, -0.2) is 9.78 Å². The summed E-state index contributed by atoms with van der Waals surface area (Å²) in [6, 6.07) is 18.7. The van der Waals surface area contributed by atoms with E-state index in [2.05, 4.69) is 21.7 Å². The van der Waals surface area contributed by atoms with Crippen molar-refractivity contribution < 1.29 is 14.3 Å². The predicted molar refractivity (Wildman–Crippen MR) is 104 cm³/mol. The first kappa shape index (κ1) is 18.6. The van der Waals surface area contributed by atoms with Gasteiger partial charge in [-0.3, -0.25) is 4.79 Å². The van der Waals surface area contributed by atoms with Gasteiger partial charge < -0.3 is 15.4 Å². The molecule has 0 radical (unpaired) electrons. The van der Waals surface area contributed by atoms with Gasteiger partial charge in [-0.15, -0.1) is 0 Å². The van der Waals surface area contributed by atoms with E-state index < -0.39 is 5.97 Å². The van der Waals surface area contributed by atoms with Crippen molar-refractivity contribution in [2.24, 2.45) is 0 Å². The third-order valence-electron chi connectivity index (χ3n) is 3.89. The van der Waals surface area contributed by atoms with Gasteiger partial charge in [0.2, 0.25) is 0 Å². The maximum atomic E-state index is 12.6. The second kappa shape index (κ2) is 8.47. The van der Waals surface area contributed by atoms with Crippen molar-refractivity contribution in [3.05, 3.63) is 83.6 Å². The van der Waals surface area contributed by atoms with Gasteiger partial charge in [0.25, 0.3) is 5.91 Å². The number of ether oxygens (including phenoxy) is 1. The van der Waals surface area contributed by atoms with Gasteiger partial charge in [0.05, 0.1) is 30.0 Å². The third-order valence-corrected chi connectivity index (χ3v) is 3.89. The molecule has 3 aromatic rings. The summed E-state index contributed by atoms with van der Waals surface area (Å²) in [4.78, 5) is 28.6. The minimum Gasteiger partial charge on any atom is -0.465 e. The highest BCUT2D eigenvalue weighted by molar-refractivity contribution is 6.08. The largest absolute Gasteiger partial charge is 0.465 e. The van der Waals surface area contributed by atoms with Crippen LogP contribution in [0.2, 0.25) is 0 Å². The fourth-order valence-corrected chi connectivity index (χ4v) is 2.49. The van der Waals surface area contributed by atoms with Crippen LogP contribution in [0.25, 0.3) is 0 Å². The lowest BCUT2D eigenvalue weighted by molar-refractivity contribution is 0.0602. The summed E-state index contributed by atoms with van der Waals surface area (Å²) in [6.07, 6.45) is 1.51. The minimum atomic E-state index is -0.534. The van der Waals surface area contributed by atoms with E-state index in [1.54, 1.807) is 60.7 Å². The van der Waals surface area contributed by atoms with Crippen LogP contribution in [0.4, 0.5) is 17.2 Å². The second-order valence-electron chi connectivity index (χ2n) is 5.74.